The van der Waals surface area contributed by atoms with Crippen molar-refractivity contribution in [1.29, 1.82) is 0 Å². The molecule has 0 bridgehead atoms. The number of nitrogens with two attached hydrogens (primary N) is 1. The maximum Gasteiger partial charge on any atom is 0.253 e. The molecule has 0 saturated heterocycles. The summed E-state index contributed by atoms with van der Waals surface area (Å²) in [7, 11) is 0. The molecule has 1 aliphatic rings. The fraction of sp³-hybridized carbons (Fsp3) is 0.250. The monoisotopic (exact) mass is 150 g/mol. The molecule has 1 aliphatic heterocycles. The Morgan fingerprint density at radius 1 is 1.78 bits per heavy atom. The molecule has 3 N–H and O–H groups in total. The smallest absolute Gasteiger partial charge is 0.253 e. The zero-order valence-corrected chi connectivity index (χ0v) is 5.35. The van der Waals surface area contributed by atoms with E-state index < -0.39 is 12.0 Å². The van der Waals surface area contributed by atoms with Crippen molar-refractivity contribution in [2.45, 2.75) is 6.10 Å². The minimum absolute atomic E-state index is 0. The number of carbonyl (C=O) groups is 1. The lowest BCUT2D eigenvalue weighted by molar-refractivity contribution is -0.127. The first-order chi connectivity index (χ1) is 3.80. The maximum absolute atomic E-state index is 10.2. The van der Waals surface area contributed by atoms with Crippen LogP contribution in [0.15, 0.2) is 12.3 Å². The fourth-order valence-electron chi connectivity index (χ4n) is 0.431. The van der Waals surface area contributed by atoms with Crippen LogP contribution in [-0.2, 0) is 9.63 Å². The van der Waals surface area contributed by atoms with Gasteiger partial charge in [-0.2, -0.15) is 0 Å². The highest BCUT2D eigenvalue weighted by Gasteiger charge is 2.14. The second-order valence-electron chi connectivity index (χ2n) is 1.42. The van der Waals surface area contributed by atoms with Gasteiger partial charge in [0, 0.05) is 6.20 Å². The Bertz CT molecular complexity index is 137. The van der Waals surface area contributed by atoms with Crippen LogP contribution in [0.1, 0.15) is 0 Å². The summed E-state index contributed by atoms with van der Waals surface area (Å²) in [4.78, 5) is 14.8. The topological polar surface area (TPSA) is 64.4 Å². The van der Waals surface area contributed by atoms with E-state index >= 15 is 0 Å². The van der Waals surface area contributed by atoms with Gasteiger partial charge in [-0.05, 0) is 6.08 Å². The number of hydrogen-bond donors (Lipinski definition) is 2. The van der Waals surface area contributed by atoms with Gasteiger partial charge >= 0.3 is 0 Å². The largest absolute Gasteiger partial charge is 0.367 e. The number of hydrogen-bond acceptors (Lipinski definition) is 3. The molecule has 1 unspecified atom stereocenters. The lowest BCUT2D eigenvalue weighted by Crippen LogP contribution is -2.28. The molecule has 1 heterocycles. The van der Waals surface area contributed by atoms with Gasteiger partial charge in [0.15, 0.2) is 6.10 Å². The van der Waals surface area contributed by atoms with E-state index in [2.05, 4.69) is 10.3 Å². The number of nitrogens with one attached hydrogen (secondary N) is 1. The highest BCUT2D eigenvalue weighted by molar-refractivity contribution is 5.85. The third kappa shape index (κ3) is 1.91. The van der Waals surface area contributed by atoms with Gasteiger partial charge in [0.2, 0.25) is 0 Å². The molecule has 1 amide bonds. The van der Waals surface area contributed by atoms with E-state index in [-0.39, 0.29) is 12.4 Å². The lowest BCUT2D eigenvalue weighted by atomic mass is 10.3. The molecule has 1 atom stereocenters. The third-order valence-electron chi connectivity index (χ3n) is 0.814. The summed E-state index contributed by atoms with van der Waals surface area (Å²) >= 11 is 0. The first-order valence-electron chi connectivity index (χ1n) is 2.18. The molecular formula is C4H7ClN2O2. The molecule has 52 valence electrons. The summed E-state index contributed by atoms with van der Waals surface area (Å²) in [5, 5.41) is 0. The molecule has 5 heteroatoms. The zero-order chi connectivity index (χ0) is 5.98. The number of rotatable bonds is 1. The van der Waals surface area contributed by atoms with Crippen LogP contribution in [0.2, 0.25) is 0 Å². The standard InChI is InChI=1S/C4H6N2O2.ClH/c5-4(7)3-1-2-6-8-3;/h1-3,6H,(H2,5,7);1H. The molecule has 4 nitrogen and oxygen atoms in total. The van der Waals surface area contributed by atoms with E-state index in [1.807, 2.05) is 0 Å². The van der Waals surface area contributed by atoms with E-state index in [1.165, 1.54) is 6.20 Å². The van der Waals surface area contributed by atoms with Crippen LogP contribution >= 0.6 is 12.4 Å². The molecule has 0 aromatic carbocycles. The molecule has 1 rings (SSSR count). The Morgan fingerprint density at radius 3 is 2.67 bits per heavy atom. The van der Waals surface area contributed by atoms with E-state index in [0.717, 1.165) is 0 Å². The summed E-state index contributed by atoms with van der Waals surface area (Å²) in [6, 6.07) is 0. The minimum atomic E-state index is -0.588. The molecule has 0 radical (unpaired) electrons. The first-order valence-corrected chi connectivity index (χ1v) is 2.18. The highest BCUT2D eigenvalue weighted by Crippen LogP contribution is 1.95. The van der Waals surface area contributed by atoms with Crippen molar-refractivity contribution in [1.82, 2.24) is 5.48 Å². The fourth-order valence-corrected chi connectivity index (χ4v) is 0.431. The highest BCUT2D eigenvalue weighted by atomic mass is 35.5. The number of hydroxylamine groups is 1. The van der Waals surface area contributed by atoms with Gasteiger partial charge in [0.05, 0.1) is 0 Å². The predicted molar refractivity (Wildman–Crippen MR) is 33.6 cm³/mol. The maximum atomic E-state index is 10.2. The Balaban J connectivity index is 0.000000640. The first kappa shape index (κ1) is 8.26. The SMILES string of the molecule is Cl.NC(=O)C1C=CNO1. The van der Waals surface area contributed by atoms with Crippen LogP contribution in [0, 0.1) is 0 Å². The third-order valence-corrected chi connectivity index (χ3v) is 0.814. The van der Waals surface area contributed by atoms with Gasteiger partial charge in [-0.15, -0.1) is 12.4 Å². The van der Waals surface area contributed by atoms with Crippen molar-refractivity contribution in [3.05, 3.63) is 12.3 Å². The number of amides is 1. The molecule has 0 aromatic rings. The quantitative estimate of drug-likeness (QED) is 0.520. The second-order valence-corrected chi connectivity index (χ2v) is 1.42. The van der Waals surface area contributed by atoms with Crippen LogP contribution in [0.3, 0.4) is 0 Å². The predicted octanol–water partition coefficient (Wildman–Crippen LogP) is -0.689. The van der Waals surface area contributed by atoms with E-state index in [4.69, 9.17) is 5.73 Å². The van der Waals surface area contributed by atoms with Gasteiger partial charge in [-0.25, -0.2) is 0 Å². The van der Waals surface area contributed by atoms with Crippen molar-refractivity contribution < 1.29 is 9.63 Å². The van der Waals surface area contributed by atoms with Gasteiger partial charge in [-0.3, -0.25) is 15.1 Å². The summed E-state index contributed by atoms with van der Waals surface area (Å²) < 4.78 is 0. The summed E-state index contributed by atoms with van der Waals surface area (Å²) in [6.45, 7) is 0. The Morgan fingerprint density at radius 2 is 2.44 bits per heavy atom. The van der Waals surface area contributed by atoms with Crippen molar-refractivity contribution in [3.8, 4) is 0 Å². The average molecular weight is 151 g/mol. The molecule has 9 heavy (non-hydrogen) atoms. The van der Waals surface area contributed by atoms with Crippen LogP contribution in [-0.4, -0.2) is 12.0 Å². The van der Waals surface area contributed by atoms with E-state index in [1.54, 1.807) is 6.08 Å². The van der Waals surface area contributed by atoms with Crippen LogP contribution in [0.5, 0.6) is 0 Å². The van der Waals surface area contributed by atoms with Crippen LogP contribution in [0.4, 0.5) is 0 Å². The summed E-state index contributed by atoms with van der Waals surface area (Å²) in [5.41, 5.74) is 7.21. The second kappa shape index (κ2) is 3.32. The normalized spacial score (nSPS) is 22.4. The summed E-state index contributed by atoms with van der Waals surface area (Å²) in [5.74, 6) is -0.480. The van der Waals surface area contributed by atoms with Crippen molar-refractivity contribution in [3.63, 3.8) is 0 Å². The van der Waals surface area contributed by atoms with Gasteiger partial charge in [0.25, 0.3) is 5.91 Å². The lowest BCUT2D eigenvalue weighted by Gasteiger charge is -1.98. The molecule has 0 aliphatic carbocycles. The molecular weight excluding hydrogens is 144 g/mol. The Kier molecular flexibility index (Phi) is 3.05. The van der Waals surface area contributed by atoms with E-state index in [9.17, 15) is 4.79 Å². The Hall–Kier alpha value is -0.740. The molecule has 0 saturated carbocycles. The van der Waals surface area contributed by atoms with Crippen molar-refractivity contribution >= 4 is 18.3 Å². The molecule has 0 aromatic heterocycles. The molecule has 0 fully saturated rings. The minimum Gasteiger partial charge on any atom is -0.367 e. The van der Waals surface area contributed by atoms with E-state index in [0.29, 0.717) is 0 Å². The zero-order valence-electron chi connectivity index (χ0n) is 4.53. The number of halogens is 1. The van der Waals surface area contributed by atoms with Crippen LogP contribution < -0.4 is 11.2 Å². The van der Waals surface area contributed by atoms with Crippen molar-refractivity contribution in [2.24, 2.45) is 5.73 Å². The summed E-state index contributed by atoms with van der Waals surface area (Å²) in [6.07, 6.45) is 2.48. The van der Waals surface area contributed by atoms with Crippen molar-refractivity contribution in [2.75, 3.05) is 0 Å². The van der Waals surface area contributed by atoms with Gasteiger partial charge in [0.1, 0.15) is 0 Å². The Labute approximate surface area is 58.4 Å². The molecule has 0 spiro atoms. The van der Waals surface area contributed by atoms with Gasteiger partial charge < -0.3 is 5.73 Å². The van der Waals surface area contributed by atoms with Gasteiger partial charge in [-0.1, -0.05) is 0 Å². The van der Waals surface area contributed by atoms with Crippen LogP contribution in [0.25, 0.3) is 0 Å². The average Bonchev–Trinajstić information content (AvgIpc) is 2.12. The number of primary amides is 1. The number of carbonyl (C=O) groups excluding carboxylic acids is 1.